The minimum atomic E-state index is 0.683. The SMILES string of the molecule is CC(CN)CCCN(C)C1CCCN(C)C1. The zero-order valence-corrected chi connectivity index (χ0v) is 11.3. The maximum atomic E-state index is 5.63. The van der Waals surface area contributed by atoms with Crippen LogP contribution in [0.2, 0.25) is 0 Å². The molecule has 2 atom stereocenters. The number of piperidine rings is 1. The topological polar surface area (TPSA) is 32.5 Å². The van der Waals surface area contributed by atoms with Crippen molar-refractivity contribution in [3.63, 3.8) is 0 Å². The van der Waals surface area contributed by atoms with Crippen LogP contribution in [0.4, 0.5) is 0 Å². The summed E-state index contributed by atoms with van der Waals surface area (Å²) >= 11 is 0. The van der Waals surface area contributed by atoms with Crippen molar-refractivity contribution in [1.82, 2.24) is 9.80 Å². The van der Waals surface area contributed by atoms with Gasteiger partial charge in [-0.1, -0.05) is 6.92 Å². The molecule has 1 rings (SSSR count). The van der Waals surface area contributed by atoms with Gasteiger partial charge in [0.05, 0.1) is 0 Å². The second-order valence-electron chi connectivity index (χ2n) is 5.52. The predicted octanol–water partition coefficient (Wildman–Crippen LogP) is 1.39. The Kier molecular flexibility index (Phi) is 6.32. The largest absolute Gasteiger partial charge is 0.330 e. The number of hydrogen-bond donors (Lipinski definition) is 1. The standard InChI is InChI=1S/C13H29N3/c1-12(10-14)6-4-9-16(3)13-7-5-8-15(2)11-13/h12-13H,4-11,14H2,1-3H3. The van der Waals surface area contributed by atoms with Crippen LogP contribution in [0.25, 0.3) is 0 Å². The first kappa shape index (κ1) is 13.9. The lowest BCUT2D eigenvalue weighted by Gasteiger charge is -2.36. The maximum absolute atomic E-state index is 5.63. The third kappa shape index (κ3) is 4.81. The number of likely N-dealkylation sites (N-methyl/N-ethyl adjacent to an activating group) is 2. The summed E-state index contributed by atoms with van der Waals surface area (Å²) in [5.74, 6) is 0.683. The molecule has 0 spiro atoms. The minimum absolute atomic E-state index is 0.683. The van der Waals surface area contributed by atoms with E-state index in [4.69, 9.17) is 5.73 Å². The quantitative estimate of drug-likeness (QED) is 0.744. The molecule has 1 aliphatic rings. The highest BCUT2D eigenvalue weighted by molar-refractivity contribution is 4.77. The van der Waals surface area contributed by atoms with E-state index in [1.54, 1.807) is 0 Å². The van der Waals surface area contributed by atoms with E-state index in [1.807, 2.05) is 0 Å². The van der Waals surface area contributed by atoms with Crippen molar-refractivity contribution in [1.29, 1.82) is 0 Å². The Morgan fingerprint density at radius 1 is 1.50 bits per heavy atom. The summed E-state index contributed by atoms with van der Waals surface area (Å²) in [4.78, 5) is 4.99. The summed E-state index contributed by atoms with van der Waals surface area (Å²) in [6, 6.07) is 0.770. The molecule has 96 valence electrons. The van der Waals surface area contributed by atoms with Gasteiger partial charge in [-0.2, -0.15) is 0 Å². The Labute approximate surface area is 101 Å². The van der Waals surface area contributed by atoms with Crippen LogP contribution in [0.5, 0.6) is 0 Å². The highest BCUT2D eigenvalue weighted by Gasteiger charge is 2.20. The number of hydrogen-bond acceptors (Lipinski definition) is 3. The maximum Gasteiger partial charge on any atom is 0.0220 e. The Morgan fingerprint density at radius 3 is 2.88 bits per heavy atom. The zero-order valence-electron chi connectivity index (χ0n) is 11.3. The molecule has 0 aliphatic carbocycles. The fraction of sp³-hybridized carbons (Fsp3) is 1.00. The van der Waals surface area contributed by atoms with Gasteiger partial charge in [-0.05, 0) is 65.3 Å². The molecule has 3 nitrogen and oxygen atoms in total. The first-order valence-electron chi connectivity index (χ1n) is 6.72. The lowest BCUT2D eigenvalue weighted by molar-refractivity contribution is 0.132. The molecule has 0 aromatic rings. The summed E-state index contributed by atoms with van der Waals surface area (Å²) in [6.45, 7) is 6.81. The van der Waals surface area contributed by atoms with E-state index in [1.165, 1.54) is 45.3 Å². The highest BCUT2D eigenvalue weighted by atomic mass is 15.2. The smallest absolute Gasteiger partial charge is 0.0220 e. The molecule has 1 saturated heterocycles. The molecule has 2 unspecified atom stereocenters. The molecule has 3 heteroatoms. The van der Waals surface area contributed by atoms with E-state index in [2.05, 4.69) is 30.8 Å². The zero-order chi connectivity index (χ0) is 12.0. The Bertz CT molecular complexity index is 184. The van der Waals surface area contributed by atoms with E-state index < -0.39 is 0 Å². The second-order valence-corrected chi connectivity index (χ2v) is 5.52. The lowest BCUT2D eigenvalue weighted by atomic mass is 10.0. The van der Waals surface area contributed by atoms with Gasteiger partial charge in [0.1, 0.15) is 0 Å². The van der Waals surface area contributed by atoms with Gasteiger partial charge in [-0.25, -0.2) is 0 Å². The fourth-order valence-electron chi connectivity index (χ4n) is 2.49. The molecule has 1 fully saturated rings. The summed E-state index contributed by atoms with van der Waals surface area (Å²) in [6.07, 6.45) is 5.27. The first-order chi connectivity index (χ1) is 7.63. The van der Waals surface area contributed by atoms with Crippen molar-refractivity contribution in [2.24, 2.45) is 11.7 Å². The van der Waals surface area contributed by atoms with E-state index in [-0.39, 0.29) is 0 Å². The normalized spacial score (nSPS) is 24.9. The molecule has 0 aromatic carbocycles. The van der Waals surface area contributed by atoms with Gasteiger partial charge in [0, 0.05) is 12.6 Å². The first-order valence-corrected chi connectivity index (χ1v) is 6.72. The number of nitrogens with zero attached hydrogens (tertiary/aromatic N) is 2. The van der Waals surface area contributed by atoms with E-state index in [0.29, 0.717) is 5.92 Å². The van der Waals surface area contributed by atoms with Crippen LogP contribution in [0.15, 0.2) is 0 Å². The summed E-state index contributed by atoms with van der Waals surface area (Å²) in [5.41, 5.74) is 5.63. The van der Waals surface area contributed by atoms with Gasteiger partial charge < -0.3 is 15.5 Å². The molecule has 0 radical (unpaired) electrons. The molecule has 0 saturated carbocycles. The van der Waals surface area contributed by atoms with Crippen LogP contribution < -0.4 is 5.73 Å². The van der Waals surface area contributed by atoms with Gasteiger partial charge in [-0.3, -0.25) is 0 Å². The molecular formula is C13H29N3. The monoisotopic (exact) mass is 227 g/mol. The Morgan fingerprint density at radius 2 is 2.25 bits per heavy atom. The average Bonchev–Trinajstić information content (AvgIpc) is 2.28. The van der Waals surface area contributed by atoms with E-state index >= 15 is 0 Å². The molecule has 16 heavy (non-hydrogen) atoms. The molecule has 0 amide bonds. The molecule has 0 bridgehead atoms. The average molecular weight is 227 g/mol. The van der Waals surface area contributed by atoms with E-state index in [9.17, 15) is 0 Å². The van der Waals surface area contributed by atoms with E-state index in [0.717, 1.165) is 12.6 Å². The summed E-state index contributed by atoms with van der Waals surface area (Å²) < 4.78 is 0. The number of likely N-dealkylation sites (tertiary alicyclic amines) is 1. The van der Waals surface area contributed by atoms with Crippen molar-refractivity contribution < 1.29 is 0 Å². The second kappa shape index (κ2) is 7.25. The summed E-state index contributed by atoms with van der Waals surface area (Å²) in [7, 11) is 4.51. The predicted molar refractivity (Wildman–Crippen MR) is 70.6 cm³/mol. The molecule has 0 aromatic heterocycles. The van der Waals surface area contributed by atoms with Crippen LogP contribution in [0.3, 0.4) is 0 Å². The molecule has 1 heterocycles. The van der Waals surface area contributed by atoms with Crippen molar-refractivity contribution >= 4 is 0 Å². The van der Waals surface area contributed by atoms with Crippen molar-refractivity contribution in [3.8, 4) is 0 Å². The van der Waals surface area contributed by atoms with Gasteiger partial charge in [0.25, 0.3) is 0 Å². The van der Waals surface area contributed by atoms with Crippen LogP contribution in [-0.4, -0.2) is 56.1 Å². The third-order valence-electron chi connectivity index (χ3n) is 3.83. The third-order valence-corrected chi connectivity index (χ3v) is 3.83. The molecule has 2 N–H and O–H groups in total. The lowest BCUT2D eigenvalue weighted by Crippen LogP contribution is -2.45. The van der Waals surface area contributed by atoms with Crippen LogP contribution in [-0.2, 0) is 0 Å². The Balaban J connectivity index is 2.16. The van der Waals surface area contributed by atoms with Gasteiger partial charge in [0.15, 0.2) is 0 Å². The van der Waals surface area contributed by atoms with Crippen molar-refractivity contribution in [3.05, 3.63) is 0 Å². The van der Waals surface area contributed by atoms with Crippen LogP contribution in [0, 0.1) is 5.92 Å². The van der Waals surface area contributed by atoms with Gasteiger partial charge in [-0.15, -0.1) is 0 Å². The number of rotatable bonds is 6. The number of nitrogens with two attached hydrogens (primary N) is 1. The molecule has 1 aliphatic heterocycles. The summed E-state index contributed by atoms with van der Waals surface area (Å²) in [5, 5.41) is 0. The van der Waals surface area contributed by atoms with Gasteiger partial charge in [0.2, 0.25) is 0 Å². The fourth-order valence-corrected chi connectivity index (χ4v) is 2.49. The highest BCUT2D eigenvalue weighted by Crippen LogP contribution is 2.14. The van der Waals surface area contributed by atoms with Crippen LogP contribution in [0.1, 0.15) is 32.6 Å². The van der Waals surface area contributed by atoms with Gasteiger partial charge >= 0.3 is 0 Å². The minimum Gasteiger partial charge on any atom is -0.330 e. The van der Waals surface area contributed by atoms with Crippen LogP contribution >= 0.6 is 0 Å². The van der Waals surface area contributed by atoms with Crippen molar-refractivity contribution in [2.45, 2.75) is 38.6 Å². The Hall–Kier alpha value is -0.120. The van der Waals surface area contributed by atoms with Crippen molar-refractivity contribution in [2.75, 3.05) is 40.3 Å². The molecular weight excluding hydrogens is 198 g/mol.